The highest BCUT2D eigenvalue weighted by atomic mass is 32.1. The third-order valence-corrected chi connectivity index (χ3v) is 12.1. The zero-order valence-corrected chi connectivity index (χ0v) is 33.7. The molecule has 1 saturated carbocycles. The molecule has 1 aliphatic carbocycles. The number of rotatable bonds is 18. The molecule has 1 saturated heterocycles. The van der Waals surface area contributed by atoms with E-state index in [0.29, 0.717) is 17.8 Å². The van der Waals surface area contributed by atoms with Crippen molar-refractivity contribution in [1.29, 1.82) is 0 Å². The molecule has 1 N–H and O–H groups in total. The predicted molar refractivity (Wildman–Crippen MR) is 205 cm³/mol. The highest BCUT2D eigenvalue weighted by Crippen LogP contribution is 2.38. The zero-order chi connectivity index (χ0) is 38.8. The fraction of sp³-hybridized carbons (Fsp3) is 0.659. The van der Waals surface area contributed by atoms with Crippen LogP contribution in [0.3, 0.4) is 0 Å². The SMILES string of the molecule is COC(=O)[C@@H](C)C[C@H](Cc1ccc(C)cc1)NC(=O)c1csc([C@@H](C[C@H](C(C)C)N(C)C(=O)[C@@H](CC(=O)[C@H]2CCCCN2C)C2CCC2)OC(C)=O)n1. The summed E-state index contributed by atoms with van der Waals surface area (Å²) in [4.78, 5) is 74.7. The molecule has 1 aromatic carbocycles. The number of Topliss-reactive ketones (excluding diaryl/α,β-unsaturated/α-hetero) is 1. The molecular formula is C41H60N4O7S. The van der Waals surface area contributed by atoms with Crippen LogP contribution in [0.2, 0.25) is 0 Å². The van der Waals surface area contributed by atoms with E-state index in [9.17, 15) is 24.0 Å². The molecule has 4 rings (SSSR count). The number of likely N-dealkylation sites (N-methyl/N-ethyl adjacent to an activating group) is 1. The van der Waals surface area contributed by atoms with E-state index in [0.717, 1.165) is 56.2 Å². The fourth-order valence-electron chi connectivity index (χ4n) is 7.78. The number of nitrogens with one attached hydrogen (secondary N) is 1. The van der Waals surface area contributed by atoms with Crippen molar-refractivity contribution >= 4 is 40.9 Å². The number of carbonyl (C=O) groups excluding carboxylic acids is 5. The topological polar surface area (TPSA) is 135 Å². The molecule has 2 aliphatic rings. The summed E-state index contributed by atoms with van der Waals surface area (Å²) < 4.78 is 10.8. The molecule has 292 valence electrons. The lowest BCUT2D eigenvalue weighted by Gasteiger charge is -2.40. The Labute approximate surface area is 319 Å². The molecular weight excluding hydrogens is 693 g/mol. The molecule has 1 aromatic heterocycles. The minimum Gasteiger partial charge on any atom is -0.469 e. The Balaban J connectivity index is 1.50. The molecule has 6 atom stereocenters. The second-order valence-electron chi connectivity index (χ2n) is 15.6. The van der Waals surface area contributed by atoms with Gasteiger partial charge < -0.3 is 19.7 Å². The van der Waals surface area contributed by atoms with Crippen LogP contribution in [0, 0.1) is 30.6 Å². The van der Waals surface area contributed by atoms with Crippen LogP contribution in [0.4, 0.5) is 0 Å². The van der Waals surface area contributed by atoms with E-state index in [1.165, 1.54) is 25.4 Å². The van der Waals surface area contributed by atoms with Gasteiger partial charge in [-0.15, -0.1) is 11.3 Å². The number of nitrogens with zero attached hydrogens (tertiary/aromatic N) is 3. The van der Waals surface area contributed by atoms with Gasteiger partial charge in [0, 0.05) is 50.2 Å². The number of hydrogen-bond donors (Lipinski definition) is 1. The van der Waals surface area contributed by atoms with Crippen molar-refractivity contribution < 1.29 is 33.4 Å². The summed E-state index contributed by atoms with van der Waals surface area (Å²) in [6, 6.07) is 7.22. The summed E-state index contributed by atoms with van der Waals surface area (Å²) in [5.41, 5.74) is 2.33. The van der Waals surface area contributed by atoms with Crippen LogP contribution in [-0.2, 0) is 35.1 Å². The van der Waals surface area contributed by atoms with Gasteiger partial charge in [0.2, 0.25) is 5.91 Å². The Kier molecular flexibility index (Phi) is 15.6. The van der Waals surface area contributed by atoms with Crippen LogP contribution in [0.15, 0.2) is 29.6 Å². The molecule has 12 heteroatoms. The molecule has 0 unspecified atom stereocenters. The summed E-state index contributed by atoms with van der Waals surface area (Å²) in [7, 11) is 5.15. The largest absolute Gasteiger partial charge is 0.469 e. The number of esters is 2. The highest BCUT2D eigenvalue weighted by molar-refractivity contribution is 7.09. The maximum atomic E-state index is 14.3. The van der Waals surface area contributed by atoms with Crippen LogP contribution >= 0.6 is 11.3 Å². The monoisotopic (exact) mass is 752 g/mol. The highest BCUT2D eigenvalue weighted by Gasteiger charge is 2.40. The molecule has 11 nitrogen and oxygen atoms in total. The normalized spacial score (nSPS) is 19.3. The number of thiazole rings is 1. The van der Waals surface area contributed by atoms with Crippen molar-refractivity contribution in [2.45, 2.75) is 123 Å². The second kappa shape index (κ2) is 19.6. The van der Waals surface area contributed by atoms with Crippen LogP contribution in [0.5, 0.6) is 0 Å². The molecule has 0 spiro atoms. The third-order valence-electron chi connectivity index (χ3n) is 11.2. The molecule has 2 aromatic rings. The molecule has 1 aliphatic heterocycles. The maximum Gasteiger partial charge on any atom is 0.308 e. The smallest absolute Gasteiger partial charge is 0.308 e. The molecule has 2 amide bonds. The molecule has 0 bridgehead atoms. The summed E-state index contributed by atoms with van der Waals surface area (Å²) in [6.45, 7) is 10.1. The van der Waals surface area contributed by atoms with E-state index >= 15 is 0 Å². The molecule has 2 fully saturated rings. The first-order valence-electron chi connectivity index (χ1n) is 19.2. The number of piperidine rings is 1. The first-order valence-corrected chi connectivity index (χ1v) is 20.1. The van der Waals surface area contributed by atoms with Gasteiger partial charge in [-0.05, 0) is 76.4 Å². The minimum atomic E-state index is -0.788. The second-order valence-corrected chi connectivity index (χ2v) is 16.5. The number of ketones is 1. The minimum absolute atomic E-state index is 0.00583. The van der Waals surface area contributed by atoms with Crippen molar-refractivity contribution in [1.82, 2.24) is 20.1 Å². The Morgan fingerprint density at radius 1 is 1.02 bits per heavy atom. The van der Waals surface area contributed by atoms with E-state index in [1.807, 2.05) is 52.1 Å². The van der Waals surface area contributed by atoms with Gasteiger partial charge in [-0.3, -0.25) is 28.9 Å². The standard InChI is InChI=1S/C41H60N4O7S/c1-25(2)35(45(7)40(49)32(30-12-11-13-30)22-36(47)34-14-9-10-19-44(34)6)23-37(52-28(5)46)39-43-33(24-53-39)38(48)42-31(20-27(4)41(50)51-8)21-29-17-15-26(3)16-18-29/h15-18,24-25,27,30-32,34-35,37H,9-14,19-23H2,1-8H3,(H,42,48)/t27-,31+,32-,34+,35+,37+/m0/s1. The third kappa shape index (κ3) is 11.7. The lowest BCUT2D eigenvalue weighted by atomic mass is 9.72. The number of likely N-dealkylation sites (tertiary alicyclic amines) is 1. The number of carbonyl (C=O) groups is 5. The van der Waals surface area contributed by atoms with Gasteiger partial charge in [0.15, 0.2) is 11.9 Å². The Morgan fingerprint density at radius 3 is 2.30 bits per heavy atom. The summed E-state index contributed by atoms with van der Waals surface area (Å²) in [5, 5.41) is 5.18. The number of methoxy groups -OCH3 is 1. The Morgan fingerprint density at radius 2 is 1.72 bits per heavy atom. The quantitative estimate of drug-likeness (QED) is 0.173. The summed E-state index contributed by atoms with van der Waals surface area (Å²) in [6.07, 6.45) is 6.54. The van der Waals surface area contributed by atoms with Gasteiger partial charge in [0.1, 0.15) is 10.7 Å². The number of amides is 2. The van der Waals surface area contributed by atoms with E-state index < -0.39 is 23.9 Å². The number of ether oxygens (including phenoxy) is 2. The Bertz CT molecular complexity index is 1560. The van der Waals surface area contributed by atoms with E-state index in [4.69, 9.17) is 9.47 Å². The van der Waals surface area contributed by atoms with E-state index in [-0.39, 0.29) is 72.1 Å². The van der Waals surface area contributed by atoms with Crippen LogP contribution < -0.4 is 5.32 Å². The molecule has 53 heavy (non-hydrogen) atoms. The lowest BCUT2D eigenvalue weighted by Crippen LogP contribution is -2.49. The van der Waals surface area contributed by atoms with Crippen LogP contribution in [0.1, 0.15) is 118 Å². The zero-order valence-electron chi connectivity index (χ0n) is 32.9. The van der Waals surface area contributed by atoms with Gasteiger partial charge in [-0.25, -0.2) is 4.98 Å². The number of aryl methyl sites for hydroxylation is 1. The van der Waals surface area contributed by atoms with Gasteiger partial charge in [-0.1, -0.05) is 63.4 Å². The van der Waals surface area contributed by atoms with Crippen molar-refractivity contribution in [3.8, 4) is 0 Å². The van der Waals surface area contributed by atoms with Crippen molar-refractivity contribution in [2.75, 3.05) is 27.7 Å². The van der Waals surface area contributed by atoms with Gasteiger partial charge >= 0.3 is 11.9 Å². The average Bonchev–Trinajstić information content (AvgIpc) is 3.59. The fourth-order valence-corrected chi connectivity index (χ4v) is 8.62. The summed E-state index contributed by atoms with van der Waals surface area (Å²) in [5.74, 6) is -1.74. The van der Waals surface area contributed by atoms with Crippen LogP contribution in [0.25, 0.3) is 0 Å². The molecule has 2 heterocycles. The van der Waals surface area contributed by atoms with Gasteiger partial charge in [0.25, 0.3) is 5.91 Å². The predicted octanol–water partition coefficient (Wildman–Crippen LogP) is 6.33. The first kappa shape index (κ1) is 42.1. The number of hydrogen-bond acceptors (Lipinski definition) is 10. The van der Waals surface area contributed by atoms with Gasteiger partial charge in [0.05, 0.1) is 19.1 Å². The summed E-state index contributed by atoms with van der Waals surface area (Å²) >= 11 is 1.23. The lowest BCUT2D eigenvalue weighted by molar-refractivity contribution is -0.150. The van der Waals surface area contributed by atoms with E-state index in [2.05, 4.69) is 15.2 Å². The van der Waals surface area contributed by atoms with Crippen molar-refractivity contribution in [2.24, 2.45) is 23.7 Å². The van der Waals surface area contributed by atoms with Gasteiger partial charge in [-0.2, -0.15) is 0 Å². The number of aromatic nitrogens is 1. The number of benzene rings is 1. The van der Waals surface area contributed by atoms with Crippen molar-refractivity contribution in [3.05, 3.63) is 51.5 Å². The van der Waals surface area contributed by atoms with E-state index in [1.54, 1.807) is 24.3 Å². The maximum absolute atomic E-state index is 14.3. The average molecular weight is 753 g/mol. The first-order chi connectivity index (χ1) is 25.2. The Hall–Kier alpha value is -3.64. The molecule has 0 radical (unpaired) electrons. The van der Waals surface area contributed by atoms with Crippen molar-refractivity contribution in [3.63, 3.8) is 0 Å². The van der Waals surface area contributed by atoms with Crippen LogP contribution in [-0.4, -0.2) is 90.2 Å².